The van der Waals surface area contributed by atoms with Gasteiger partial charge in [0.2, 0.25) is 0 Å². The van der Waals surface area contributed by atoms with Crippen molar-refractivity contribution in [1.29, 1.82) is 0 Å². The zero-order valence-electron chi connectivity index (χ0n) is 15.9. The highest BCUT2D eigenvalue weighted by atomic mass is 16.5. The van der Waals surface area contributed by atoms with Crippen molar-refractivity contribution in [2.24, 2.45) is 0 Å². The van der Waals surface area contributed by atoms with Gasteiger partial charge in [-0.2, -0.15) is 0 Å². The van der Waals surface area contributed by atoms with Gasteiger partial charge >= 0.3 is 0 Å². The summed E-state index contributed by atoms with van der Waals surface area (Å²) in [5, 5.41) is 6.01. The Bertz CT molecular complexity index is 958. The van der Waals surface area contributed by atoms with Gasteiger partial charge in [0, 0.05) is 23.5 Å². The molecule has 0 fully saturated rings. The fourth-order valence-electron chi connectivity index (χ4n) is 2.56. The zero-order valence-corrected chi connectivity index (χ0v) is 15.9. The minimum absolute atomic E-state index is 0.274. The Balaban J connectivity index is 1.75. The molecular weight excluding hydrogens is 358 g/mol. The monoisotopic (exact) mass is 379 g/mol. The summed E-state index contributed by atoms with van der Waals surface area (Å²) in [5.74, 6) is 2.20. The van der Waals surface area contributed by atoms with Crippen LogP contribution in [-0.2, 0) is 0 Å². The van der Waals surface area contributed by atoms with E-state index in [1.807, 2.05) is 24.3 Å². The number of carbonyl (C=O) groups is 1. The van der Waals surface area contributed by atoms with E-state index in [0.29, 0.717) is 28.6 Å². The first-order valence-corrected chi connectivity index (χ1v) is 8.53. The standard InChI is InChI=1S/C21H21N3O4/c1-26-16-6-4-15(5-7-16)23-20-12-14(10-11-22-20)21(25)24-18-9-8-17(27-2)13-19(18)28-3/h4-13H,1-3H3,(H,22,23)(H,24,25). The van der Waals surface area contributed by atoms with E-state index in [-0.39, 0.29) is 5.91 Å². The third-order valence-electron chi connectivity index (χ3n) is 4.04. The highest BCUT2D eigenvalue weighted by molar-refractivity contribution is 6.05. The fourth-order valence-corrected chi connectivity index (χ4v) is 2.56. The zero-order chi connectivity index (χ0) is 19.9. The number of anilines is 3. The second-order valence-electron chi connectivity index (χ2n) is 5.80. The summed E-state index contributed by atoms with van der Waals surface area (Å²) in [6.07, 6.45) is 1.58. The number of hydrogen-bond donors (Lipinski definition) is 2. The normalized spacial score (nSPS) is 10.1. The minimum Gasteiger partial charge on any atom is -0.497 e. The second kappa shape index (κ2) is 8.77. The van der Waals surface area contributed by atoms with Gasteiger partial charge in [-0.1, -0.05) is 0 Å². The van der Waals surface area contributed by atoms with Crippen LogP contribution in [0.2, 0.25) is 0 Å². The predicted molar refractivity (Wildman–Crippen MR) is 108 cm³/mol. The molecule has 0 saturated carbocycles. The molecular formula is C21H21N3O4. The van der Waals surface area contributed by atoms with Gasteiger partial charge < -0.3 is 24.8 Å². The van der Waals surface area contributed by atoms with Crippen LogP contribution in [0.3, 0.4) is 0 Å². The molecule has 144 valence electrons. The van der Waals surface area contributed by atoms with Crippen LogP contribution in [0.4, 0.5) is 17.2 Å². The number of benzene rings is 2. The molecule has 2 N–H and O–H groups in total. The Morgan fingerprint density at radius 1 is 0.857 bits per heavy atom. The van der Waals surface area contributed by atoms with Crippen LogP contribution in [0.15, 0.2) is 60.8 Å². The topological polar surface area (TPSA) is 81.7 Å². The lowest BCUT2D eigenvalue weighted by atomic mass is 10.2. The number of aromatic nitrogens is 1. The molecule has 0 unspecified atom stereocenters. The van der Waals surface area contributed by atoms with Crippen molar-refractivity contribution in [2.75, 3.05) is 32.0 Å². The van der Waals surface area contributed by atoms with Crippen molar-refractivity contribution in [3.63, 3.8) is 0 Å². The summed E-state index contributed by atoms with van der Waals surface area (Å²) in [5.41, 5.74) is 1.85. The van der Waals surface area contributed by atoms with Crippen molar-refractivity contribution in [3.8, 4) is 17.2 Å². The van der Waals surface area contributed by atoms with Crippen LogP contribution in [0.25, 0.3) is 0 Å². The van der Waals surface area contributed by atoms with Gasteiger partial charge in [0.1, 0.15) is 23.1 Å². The molecule has 0 radical (unpaired) electrons. The van der Waals surface area contributed by atoms with Crippen LogP contribution in [0.5, 0.6) is 17.2 Å². The molecule has 3 rings (SSSR count). The average Bonchev–Trinajstić information content (AvgIpc) is 2.74. The third kappa shape index (κ3) is 4.50. The third-order valence-corrected chi connectivity index (χ3v) is 4.04. The quantitative estimate of drug-likeness (QED) is 0.643. The first-order chi connectivity index (χ1) is 13.6. The number of carbonyl (C=O) groups excluding carboxylic acids is 1. The van der Waals surface area contributed by atoms with Crippen molar-refractivity contribution < 1.29 is 19.0 Å². The summed E-state index contributed by atoms with van der Waals surface area (Å²) < 4.78 is 15.6. The van der Waals surface area contributed by atoms with Gasteiger partial charge in [-0.15, -0.1) is 0 Å². The van der Waals surface area contributed by atoms with Crippen molar-refractivity contribution >= 4 is 23.1 Å². The summed E-state index contributed by atoms with van der Waals surface area (Å²) in [6, 6.07) is 15.9. The molecule has 0 spiro atoms. The SMILES string of the molecule is COc1ccc(Nc2cc(C(=O)Nc3ccc(OC)cc3OC)ccn2)cc1. The molecule has 0 aliphatic carbocycles. The summed E-state index contributed by atoms with van der Waals surface area (Å²) >= 11 is 0. The summed E-state index contributed by atoms with van der Waals surface area (Å²) in [4.78, 5) is 16.9. The highest BCUT2D eigenvalue weighted by Crippen LogP contribution is 2.29. The average molecular weight is 379 g/mol. The van der Waals surface area contributed by atoms with Crippen molar-refractivity contribution in [1.82, 2.24) is 4.98 Å². The lowest BCUT2D eigenvalue weighted by molar-refractivity contribution is 0.102. The molecule has 1 aromatic heterocycles. The van der Waals surface area contributed by atoms with Crippen LogP contribution >= 0.6 is 0 Å². The maximum Gasteiger partial charge on any atom is 0.255 e. The number of nitrogens with one attached hydrogen (secondary N) is 2. The largest absolute Gasteiger partial charge is 0.497 e. The van der Waals surface area contributed by atoms with Crippen LogP contribution in [0, 0.1) is 0 Å². The Labute approximate surface area is 163 Å². The molecule has 7 nitrogen and oxygen atoms in total. The maximum atomic E-state index is 12.7. The van der Waals surface area contributed by atoms with Gasteiger partial charge in [-0.05, 0) is 48.5 Å². The number of amides is 1. The molecule has 0 saturated heterocycles. The van der Waals surface area contributed by atoms with Crippen molar-refractivity contribution in [2.45, 2.75) is 0 Å². The van der Waals surface area contributed by atoms with Crippen molar-refractivity contribution in [3.05, 3.63) is 66.4 Å². The molecule has 0 aliphatic rings. The van der Waals surface area contributed by atoms with Gasteiger partial charge in [0.25, 0.3) is 5.91 Å². The number of nitrogens with zero attached hydrogens (tertiary/aromatic N) is 1. The van der Waals surface area contributed by atoms with Crippen LogP contribution in [-0.4, -0.2) is 32.2 Å². The molecule has 2 aromatic carbocycles. The highest BCUT2D eigenvalue weighted by Gasteiger charge is 2.12. The fraction of sp³-hybridized carbons (Fsp3) is 0.143. The van der Waals surface area contributed by atoms with Gasteiger partial charge in [0.05, 0.1) is 27.0 Å². The molecule has 0 aliphatic heterocycles. The number of hydrogen-bond acceptors (Lipinski definition) is 6. The second-order valence-corrected chi connectivity index (χ2v) is 5.80. The van der Waals surface area contributed by atoms with E-state index < -0.39 is 0 Å². The lowest BCUT2D eigenvalue weighted by Gasteiger charge is -2.12. The van der Waals surface area contributed by atoms with Crippen LogP contribution in [0.1, 0.15) is 10.4 Å². The predicted octanol–water partition coefficient (Wildman–Crippen LogP) is 4.10. The molecule has 28 heavy (non-hydrogen) atoms. The molecule has 0 atom stereocenters. The van der Waals surface area contributed by atoms with E-state index in [0.717, 1.165) is 11.4 Å². The number of ether oxygens (including phenoxy) is 3. The van der Waals surface area contributed by atoms with E-state index in [2.05, 4.69) is 15.6 Å². The summed E-state index contributed by atoms with van der Waals surface area (Å²) in [7, 11) is 4.72. The molecule has 3 aromatic rings. The number of methoxy groups -OCH3 is 3. The van der Waals surface area contributed by atoms with E-state index in [1.165, 1.54) is 7.11 Å². The van der Waals surface area contributed by atoms with E-state index in [4.69, 9.17) is 14.2 Å². The molecule has 0 bridgehead atoms. The molecule has 1 heterocycles. The van der Waals surface area contributed by atoms with Gasteiger partial charge in [0.15, 0.2) is 0 Å². The lowest BCUT2D eigenvalue weighted by Crippen LogP contribution is -2.13. The Morgan fingerprint density at radius 3 is 2.25 bits per heavy atom. The van der Waals surface area contributed by atoms with Gasteiger partial charge in [-0.3, -0.25) is 4.79 Å². The first-order valence-electron chi connectivity index (χ1n) is 8.53. The number of pyridine rings is 1. The molecule has 7 heteroatoms. The van der Waals surface area contributed by atoms with Gasteiger partial charge in [-0.25, -0.2) is 4.98 Å². The number of rotatable bonds is 7. The minimum atomic E-state index is -0.274. The van der Waals surface area contributed by atoms with E-state index in [1.54, 1.807) is 50.7 Å². The van der Waals surface area contributed by atoms with Crippen LogP contribution < -0.4 is 24.8 Å². The van der Waals surface area contributed by atoms with E-state index >= 15 is 0 Å². The maximum absolute atomic E-state index is 12.7. The van der Waals surface area contributed by atoms with E-state index in [9.17, 15) is 4.79 Å². The Kier molecular flexibility index (Phi) is 5.96. The Morgan fingerprint density at radius 2 is 1.57 bits per heavy atom. The first kappa shape index (κ1) is 19.0. The smallest absolute Gasteiger partial charge is 0.255 e. The Hall–Kier alpha value is -3.74. The molecule has 1 amide bonds. The summed E-state index contributed by atoms with van der Waals surface area (Å²) in [6.45, 7) is 0.